The molecule has 1 N–H and O–H groups in total. The van der Waals surface area contributed by atoms with E-state index in [-0.39, 0.29) is 33.6 Å². The van der Waals surface area contributed by atoms with E-state index in [1.807, 2.05) is 0 Å². The van der Waals surface area contributed by atoms with E-state index in [1.165, 1.54) is 61.5 Å². The van der Waals surface area contributed by atoms with Crippen molar-refractivity contribution in [3.63, 3.8) is 0 Å². The van der Waals surface area contributed by atoms with Gasteiger partial charge in [0.05, 0.1) is 20.8 Å². The van der Waals surface area contributed by atoms with Crippen LogP contribution in [-0.2, 0) is 16.6 Å². The Morgan fingerprint density at radius 2 is 1.96 bits per heavy atom. The second-order valence-corrected chi connectivity index (χ2v) is 7.78. The van der Waals surface area contributed by atoms with E-state index >= 15 is 0 Å². The first-order valence-corrected chi connectivity index (χ1v) is 9.91. The number of benzene rings is 2. The summed E-state index contributed by atoms with van der Waals surface area (Å²) >= 11 is 6.01. The van der Waals surface area contributed by atoms with E-state index in [9.17, 15) is 12.8 Å². The average Bonchev–Trinajstić information content (AvgIpc) is 3.10. The third kappa shape index (κ3) is 4.20. The maximum Gasteiger partial charge on any atom is 0.266 e. The molecular formula is C18H17ClFN3O4S. The van der Waals surface area contributed by atoms with E-state index < -0.39 is 15.8 Å². The van der Waals surface area contributed by atoms with Gasteiger partial charge in [0, 0.05) is 28.9 Å². The first kappa shape index (κ1) is 20.0. The third-order valence-corrected chi connectivity index (χ3v) is 5.67. The summed E-state index contributed by atoms with van der Waals surface area (Å²) in [5.74, 6) is 0.199. The van der Waals surface area contributed by atoms with Crippen LogP contribution in [0, 0.1) is 5.82 Å². The zero-order chi connectivity index (χ0) is 20.3. The monoisotopic (exact) mass is 425 g/mol. The summed E-state index contributed by atoms with van der Waals surface area (Å²) in [4.78, 5) is -0.0671. The Morgan fingerprint density at radius 1 is 1.18 bits per heavy atom. The van der Waals surface area contributed by atoms with Crippen molar-refractivity contribution >= 4 is 27.4 Å². The highest BCUT2D eigenvalue weighted by molar-refractivity contribution is 7.92. The predicted octanol–water partition coefficient (Wildman–Crippen LogP) is 3.54. The molecule has 0 atom stereocenters. The van der Waals surface area contributed by atoms with Crippen LogP contribution in [0.3, 0.4) is 0 Å². The first-order chi connectivity index (χ1) is 13.3. The molecule has 10 heteroatoms. The van der Waals surface area contributed by atoms with E-state index in [0.29, 0.717) is 5.75 Å². The third-order valence-electron chi connectivity index (χ3n) is 3.92. The van der Waals surface area contributed by atoms with Gasteiger partial charge in [0.1, 0.15) is 22.2 Å². The molecule has 3 rings (SSSR count). The molecule has 148 valence electrons. The number of sulfonamides is 1. The molecule has 3 aromatic rings. The Balaban J connectivity index is 1.83. The van der Waals surface area contributed by atoms with Gasteiger partial charge in [0.2, 0.25) is 0 Å². The van der Waals surface area contributed by atoms with Crippen LogP contribution in [-0.4, -0.2) is 32.4 Å². The summed E-state index contributed by atoms with van der Waals surface area (Å²) in [6.07, 6.45) is 1.52. The number of nitrogens with one attached hydrogen (secondary N) is 1. The van der Waals surface area contributed by atoms with Crippen molar-refractivity contribution in [2.45, 2.75) is 11.4 Å². The molecule has 0 fully saturated rings. The molecule has 28 heavy (non-hydrogen) atoms. The lowest BCUT2D eigenvalue weighted by molar-refractivity contribution is 0.386. The fourth-order valence-corrected chi connectivity index (χ4v) is 3.91. The van der Waals surface area contributed by atoms with Crippen molar-refractivity contribution < 1.29 is 22.3 Å². The summed E-state index contributed by atoms with van der Waals surface area (Å²) in [5, 5.41) is 4.39. The maximum absolute atomic E-state index is 13.9. The molecule has 0 aliphatic carbocycles. The highest BCUT2D eigenvalue weighted by Gasteiger charge is 2.21. The number of hydrogen-bond donors (Lipinski definition) is 1. The Kier molecular flexibility index (Phi) is 5.76. The highest BCUT2D eigenvalue weighted by Crippen LogP contribution is 2.29. The molecular weight excluding hydrogens is 409 g/mol. The van der Waals surface area contributed by atoms with Gasteiger partial charge in [-0.1, -0.05) is 17.7 Å². The molecule has 0 saturated carbocycles. The Hall–Kier alpha value is -2.78. The van der Waals surface area contributed by atoms with Crippen molar-refractivity contribution in [2.75, 3.05) is 18.9 Å². The van der Waals surface area contributed by atoms with E-state index in [0.717, 1.165) is 0 Å². The minimum atomic E-state index is -3.96. The molecule has 0 radical (unpaired) electrons. The lowest BCUT2D eigenvalue weighted by Crippen LogP contribution is -2.15. The van der Waals surface area contributed by atoms with Gasteiger partial charge in [-0.05, 0) is 24.3 Å². The summed E-state index contributed by atoms with van der Waals surface area (Å²) < 4.78 is 53.3. The maximum atomic E-state index is 13.9. The van der Waals surface area contributed by atoms with Crippen LogP contribution in [0.15, 0.2) is 53.6 Å². The summed E-state index contributed by atoms with van der Waals surface area (Å²) in [6, 6.07) is 10.2. The van der Waals surface area contributed by atoms with Crippen molar-refractivity contribution in [3.8, 4) is 11.5 Å². The number of methoxy groups -OCH3 is 2. The van der Waals surface area contributed by atoms with E-state index in [4.69, 9.17) is 21.1 Å². The second kappa shape index (κ2) is 8.07. The molecule has 0 bridgehead atoms. The molecule has 0 amide bonds. The van der Waals surface area contributed by atoms with E-state index in [2.05, 4.69) is 9.82 Å². The van der Waals surface area contributed by atoms with Crippen LogP contribution in [0.1, 0.15) is 5.56 Å². The minimum absolute atomic E-state index is 0.0547. The minimum Gasteiger partial charge on any atom is -0.497 e. The number of hydrogen-bond acceptors (Lipinski definition) is 5. The van der Waals surface area contributed by atoms with Crippen LogP contribution < -0.4 is 14.2 Å². The van der Waals surface area contributed by atoms with Crippen LogP contribution in [0.2, 0.25) is 5.02 Å². The standard InChI is InChI=1S/C18H17ClFN3O4S/c1-26-12-6-7-17(16(10-12)27-2)28(24,25)22-18-8-9-23(21-18)11-13-14(19)4-3-5-15(13)20/h3-10H,11H2,1-2H3,(H,21,22). The predicted molar refractivity (Wildman–Crippen MR) is 103 cm³/mol. The molecule has 0 saturated heterocycles. The van der Waals surface area contributed by atoms with Gasteiger partial charge in [-0.3, -0.25) is 9.40 Å². The number of anilines is 1. The number of aromatic nitrogens is 2. The summed E-state index contributed by atoms with van der Waals surface area (Å²) in [7, 11) is -1.13. The molecule has 2 aromatic carbocycles. The lowest BCUT2D eigenvalue weighted by atomic mass is 10.2. The van der Waals surface area contributed by atoms with Crippen LogP contribution in [0.25, 0.3) is 0 Å². The molecule has 0 aliphatic rings. The Bertz CT molecular complexity index is 1080. The molecule has 0 unspecified atom stereocenters. The van der Waals surface area contributed by atoms with Gasteiger partial charge < -0.3 is 9.47 Å². The van der Waals surface area contributed by atoms with Gasteiger partial charge in [0.15, 0.2) is 5.82 Å². The van der Waals surface area contributed by atoms with Gasteiger partial charge in [-0.2, -0.15) is 5.10 Å². The highest BCUT2D eigenvalue weighted by atomic mass is 35.5. The smallest absolute Gasteiger partial charge is 0.266 e. The topological polar surface area (TPSA) is 82.5 Å². The Labute approximate surface area is 166 Å². The van der Waals surface area contributed by atoms with Crippen molar-refractivity contribution in [3.05, 3.63) is 65.1 Å². The van der Waals surface area contributed by atoms with Crippen molar-refractivity contribution in [2.24, 2.45) is 0 Å². The summed E-state index contributed by atoms with van der Waals surface area (Å²) in [6.45, 7) is 0.0547. The van der Waals surface area contributed by atoms with Gasteiger partial charge >= 0.3 is 0 Å². The average molecular weight is 426 g/mol. The molecule has 0 aliphatic heterocycles. The lowest BCUT2D eigenvalue weighted by Gasteiger charge is -2.11. The molecule has 1 heterocycles. The summed E-state index contributed by atoms with van der Waals surface area (Å²) in [5.41, 5.74) is 0.262. The first-order valence-electron chi connectivity index (χ1n) is 8.05. The number of halogens is 2. The van der Waals surface area contributed by atoms with Gasteiger partial charge in [-0.15, -0.1) is 0 Å². The number of ether oxygens (including phenoxy) is 2. The van der Waals surface area contributed by atoms with Crippen LogP contribution in [0.5, 0.6) is 11.5 Å². The SMILES string of the molecule is COc1ccc(S(=O)(=O)Nc2ccn(Cc3c(F)cccc3Cl)n2)c(OC)c1. The zero-order valence-electron chi connectivity index (χ0n) is 15.0. The zero-order valence-corrected chi connectivity index (χ0v) is 16.6. The van der Waals surface area contributed by atoms with Gasteiger partial charge in [0.25, 0.3) is 10.0 Å². The van der Waals surface area contributed by atoms with E-state index in [1.54, 1.807) is 6.07 Å². The van der Waals surface area contributed by atoms with Crippen molar-refractivity contribution in [1.82, 2.24) is 9.78 Å². The fraction of sp³-hybridized carbons (Fsp3) is 0.167. The number of rotatable bonds is 7. The largest absolute Gasteiger partial charge is 0.497 e. The van der Waals surface area contributed by atoms with Gasteiger partial charge in [-0.25, -0.2) is 12.8 Å². The molecule has 7 nitrogen and oxygen atoms in total. The van der Waals surface area contributed by atoms with Crippen LogP contribution in [0.4, 0.5) is 10.2 Å². The Morgan fingerprint density at radius 3 is 2.64 bits per heavy atom. The van der Waals surface area contributed by atoms with Crippen LogP contribution >= 0.6 is 11.6 Å². The normalized spacial score (nSPS) is 11.3. The second-order valence-electron chi connectivity index (χ2n) is 5.72. The fourth-order valence-electron chi connectivity index (χ4n) is 2.54. The number of nitrogens with zero attached hydrogens (tertiary/aromatic N) is 2. The quantitative estimate of drug-likeness (QED) is 0.626. The molecule has 1 aromatic heterocycles. The van der Waals surface area contributed by atoms with Crippen molar-refractivity contribution in [1.29, 1.82) is 0 Å². The molecule has 0 spiro atoms.